The molecule has 36 heavy (non-hydrogen) atoms. The van der Waals surface area contributed by atoms with Gasteiger partial charge >= 0.3 is 11.9 Å². The Bertz CT molecular complexity index is 833. The zero-order valence-electron chi connectivity index (χ0n) is 20.3. The van der Waals surface area contributed by atoms with Crippen LogP contribution in [0.2, 0.25) is 0 Å². The normalized spacial score (nSPS) is 14.1. The van der Waals surface area contributed by atoms with Gasteiger partial charge in [-0.2, -0.15) is 0 Å². The molecule has 15 nitrogen and oxygen atoms in total. The Labute approximate surface area is 207 Å². The molecule has 0 aromatic rings. The van der Waals surface area contributed by atoms with E-state index >= 15 is 0 Å². The number of carbonyl (C=O) groups excluding carboxylic acids is 5. The molecule has 11 N–H and O–H groups in total. The molecule has 0 aromatic heterocycles. The molecule has 4 atom stereocenters. The van der Waals surface area contributed by atoms with E-state index in [1.165, 1.54) is 0 Å². The number of amides is 5. The highest BCUT2D eigenvalue weighted by molar-refractivity contribution is 5.94. The van der Waals surface area contributed by atoms with Gasteiger partial charge in [0.05, 0.1) is 6.04 Å². The molecule has 0 radical (unpaired) electrons. The Hall–Kier alpha value is -3.75. The van der Waals surface area contributed by atoms with Crippen molar-refractivity contribution in [2.24, 2.45) is 23.1 Å². The van der Waals surface area contributed by atoms with Gasteiger partial charge in [0.1, 0.15) is 18.1 Å². The summed E-state index contributed by atoms with van der Waals surface area (Å²) in [5.74, 6) is -6.76. The van der Waals surface area contributed by atoms with E-state index < -0.39 is 65.6 Å². The predicted molar refractivity (Wildman–Crippen MR) is 125 cm³/mol. The highest BCUT2D eigenvalue weighted by Gasteiger charge is 2.31. The third-order valence-electron chi connectivity index (χ3n) is 4.95. The van der Waals surface area contributed by atoms with Crippen molar-refractivity contribution in [1.82, 2.24) is 16.0 Å². The topological polar surface area (TPSA) is 274 Å². The van der Waals surface area contributed by atoms with Crippen molar-refractivity contribution >= 4 is 41.5 Å². The summed E-state index contributed by atoms with van der Waals surface area (Å²) in [7, 11) is 0. The first-order valence-electron chi connectivity index (χ1n) is 11.3. The molecule has 0 fully saturated rings. The largest absolute Gasteiger partial charge is 0.481 e. The van der Waals surface area contributed by atoms with E-state index in [1.54, 1.807) is 13.8 Å². The SMILES string of the molecule is CC(C)CC(NC(=O)C(N)CCC(=O)O)C(=O)NC(CCC(N)=O)C(=O)NC(CCC(N)=O)C(=O)O. The standard InChI is InChI=1S/C21H36N6O9/c1-10(2)9-14(27-18(32)11(22)3-8-17(30)31)20(34)25-12(4-6-15(23)28)19(33)26-13(21(35)36)5-7-16(24)29/h10-14H,3-9,22H2,1-2H3,(H2,23,28)(H2,24,29)(H,25,34)(H,26,33)(H,27,32)(H,30,31)(H,35,36). The summed E-state index contributed by atoms with van der Waals surface area (Å²) in [5, 5.41) is 25.1. The van der Waals surface area contributed by atoms with Crippen molar-refractivity contribution in [3.63, 3.8) is 0 Å². The van der Waals surface area contributed by atoms with Gasteiger partial charge in [0.15, 0.2) is 0 Å². The van der Waals surface area contributed by atoms with Crippen LogP contribution in [0.15, 0.2) is 0 Å². The quantitative estimate of drug-likeness (QED) is 0.0932. The fraction of sp³-hybridized carbons (Fsp3) is 0.667. The Morgan fingerprint density at radius 3 is 1.56 bits per heavy atom. The number of hydrogen-bond donors (Lipinski definition) is 8. The highest BCUT2D eigenvalue weighted by Crippen LogP contribution is 2.09. The molecule has 0 saturated carbocycles. The van der Waals surface area contributed by atoms with Crippen LogP contribution >= 0.6 is 0 Å². The van der Waals surface area contributed by atoms with E-state index in [4.69, 9.17) is 22.3 Å². The number of nitrogens with one attached hydrogen (secondary N) is 3. The minimum atomic E-state index is -1.49. The first-order valence-corrected chi connectivity index (χ1v) is 11.3. The predicted octanol–water partition coefficient (Wildman–Crippen LogP) is -2.71. The molecule has 0 aliphatic heterocycles. The molecule has 0 saturated heterocycles. The van der Waals surface area contributed by atoms with Crippen LogP contribution in [-0.4, -0.2) is 75.9 Å². The molecule has 0 aliphatic carbocycles. The van der Waals surface area contributed by atoms with Crippen molar-refractivity contribution < 1.29 is 43.8 Å². The Morgan fingerprint density at radius 2 is 1.11 bits per heavy atom. The van der Waals surface area contributed by atoms with Gasteiger partial charge in [-0.3, -0.25) is 28.8 Å². The average molecular weight is 517 g/mol. The lowest BCUT2D eigenvalue weighted by Crippen LogP contribution is -2.57. The monoisotopic (exact) mass is 516 g/mol. The Morgan fingerprint density at radius 1 is 0.667 bits per heavy atom. The average Bonchev–Trinajstić information content (AvgIpc) is 2.75. The summed E-state index contributed by atoms with van der Waals surface area (Å²) in [6.45, 7) is 3.54. The second-order valence-electron chi connectivity index (χ2n) is 8.70. The lowest BCUT2D eigenvalue weighted by atomic mass is 10.0. The number of hydrogen-bond acceptors (Lipinski definition) is 8. The maximum atomic E-state index is 13.0. The van der Waals surface area contributed by atoms with Gasteiger partial charge < -0.3 is 43.4 Å². The number of aliphatic carboxylic acids is 2. The molecule has 0 aliphatic rings. The van der Waals surface area contributed by atoms with E-state index in [1.807, 2.05) is 0 Å². The van der Waals surface area contributed by atoms with Gasteiger partial charge in [-0.1, -0.05) is 13.8 Å². The third-order valence-corrected chi connectivity index (χ3v) is 4.95. The Balaban J connectivity index is 5.57. The minimum Gasteiger partial charge on any atom is -0.481 e. The molecule has 0 bridgehead atoms. The van der Waals surface area contributed by atoms with Crippen LogP contribution in [0.5, 0.6) is 0 Å². The van der Waals surface area contributed by atoms with Crippen LogP contribution in [0.4, 0.5) is 0 Å². The summed E-state index contributed by atoms with van der Waals surface area (Å²) >= 11 is 0. The molecular formula is C21H36N6O9. The van der Waals surface area contributed by atoms with E-state index in [2.05, 4.69) is 16.0 Å². The summed E-state index contributed by atoms with van der Waals surface area (Å²) < 4.78 is 0. The molecular weight excluding hydrogens is 480 g/mol. The smallest absolute Gasteiger partial charge is 0.326 e. The Kier molecular flexibility index (Phi) is 14.4. The van der Waals surface area contributed by atoms with E-state index in [9.17, 15) is 38.7 Å². The molecule has 0 rings (SSSR count). The molecule has 0 spiro atoms. The molecule has 0 heterocycles. The van der Waals surface area contributed by atoms with Crippen molar-refractivity contribution in [3.05, 3.63) is 0 Å². The van der Waals surface area contributed by atoms with E-state index in [0.29, 0.717) is 0 Å². The molecule has 0 aromatic carbocycles. The molecule has 204 valence electrons. The summed E-state index contributed by atoms with van der Waals surface area (Å²) in [6.07, 6.45) is -1.60. The summed E-state index contributed by atoms with van der Waals surface area (Å²) in [5.41, 5.74) is 15.9. The number of rotatable bonds is 18. The maximum Gasteiger partial charge on any atom is 0.326 e. The zero-order chi connectivity index (χ0) is 28.0. The van der Waals surface area contributed by atoms with Crippen LogP contribution < -0.4 is 33.2 Å². The van der Waals surface area contributed by atoms with Gasteiger partial charge in [-0.05, 0) is 31.6 Å². The molecule has 4 unspecified atom stereocenters. The summed E-state index contributed by atoms with van der Waals surface area (Å²) in [6, 6.07) is -5.24. The molecule has 5 amide bonds. The first kappa shape index (κ1) is 32.2. The molecule has 15 heteroatoms. The van der Waals surface area contributed by atoms with E-state index in [-0.39, 0.29) is 50.9 Å². The van der Waals surface area contributed by atoms with Crippen LogP contribution in [0.25, 0.3) is 0 Å². The van der Waals surface area contributed by atoms with Crippen LogP contribution in [0.1, 0.15) is 58.8 Å². The first-order chi connectivity index (χ1) is 16.6. The maximum absolute atomic E-state index is 13.0. The van der Waals surface area contributed by atoms with Crippen LogP contribution in [0, 0.1) is 5.92 Å². The van der Waals surface area contributed by atoms with Crippen molar-refractivity contribution in [3.8, 4) is 0 Å². The van der Waals surface area contributed by atoms with Gasteiger partial charge in [0.25, 0.3) is 0 Å². The van der Waals surface area contributed by atoms with Crippen molar-refractivity contribution in [2.75, 3.05) is 0 Å². The second kappa shape index (κ2) is 16.0. The number of nitrogens with two attached hydrogens (primary N) is 3. The third kappa shape index (κ3) is 13.8. The lowest BCUT2D eigenvalue weighted by molar-refractivity contribution is -0.143. The van der Waals surface area contributed by atoms with Crippen LogP contribution in [-0.2, 0) is 33.6 Å². The fourth-order valence-electron chi connectivity index (χ4n) is 3.04. The fourth-order valence-corrected chi connectivity index (χ4v) is 3.04. The van der Waals surface area contributed by atoms with Crippen molar-refractivity contribution in [1.29, 1.82) is 0 Å². The second-order valence-corrected chi connectivity index (χ2v) is 8.70. The number of carboxylic acid groups (broad SMARTS) is 2. The van der Waals surface area contributed by atoms with Crippen molar-refractivity contribution in [2.45, 2.75) is 83.0 Å². The van der Waals surface area contributed by atoms with Gasteiger partial charge in [0, 0.05) is 19.3 Å². The number of carboxylic acids is 2. The zero-order valence-corrected chi connectivity index (χ0v) is 20.3. The summed E-state index contributed by atoms with van der Waals surface area (Å²) in [4.78, 5) is 82.5. The van der Waals surface area contributed by atoms with Gasteiger partial charge in [-0.25, -0.2) is 4.79 Å². The van der Waals surface area contributed by atoms with Gasteiger partial charge in [0.2, 0.25) is 29.5 Å². The van der Waals surface area contributed by atoms with E-state index in [0.717, 1.165) is 0 Å². The van der Waals surface area contributed by atoms with Gasteiger partial charge in [-0.15, -0.1) is 0 Å². The van der Waals surface area contributed by atoms with Crippen LogP contribution in [0.3, 0.4) is 0 Å². The minimum absolute atomic E-state index is 0.0978. The number of primary amides is 2. The highest BCUT2D eigenvalue weighted by atomic mass is 16.4. The number of carbonyl (C=O) groups is 7. The lowest BCUT2D eigenvalue weighted by Gasteiger charge is -2.26.